The summed E-state index contributed by atoms with van der Waals surface area (Å²) in [4.78, 5) is 30.2. The molecule has 0 aliphatic rings. The third-order valence-electron chi connectivity index (χ3n) is 5.54. The Kier molecular flexibility index (Phi) is 28.0. The molecule has 0 aliphatic heterocycles. The quantitative estimate of drug-likeness (QED) is 0.0582. The summed E-state index contributed by atoms with van der Waals surface area (Å²) >= 11 is 0. The molecule has 24 nitrogen and oxygen atoms in total. The number of hydrogen-bond donors (Lipinski definition) is 18. The molecule has 0 saturated carbocycles. The van der Waals surface area contributed by atoms with E-state index in [0.717, 1.165) is 0 Å². The second-order valence-corrected chi connectivity index (χ2v) is 8.96. The second-order valence-electron chi connectivity index (χ2n) is 8.96. The van der Waals surface area contributed by atoms with Gasteiger partial charge in [-0.3, -0.25) is 0 Å². The Balaban J connectivity index is -0.000000285. The Morgan fingerprint density at radius 1 is 0.348 bits per heavy atom. The number of carbonyl (C=O) groups excluding carboxylic acids is 3. The Morgan fingerprint density at radius 3 is 0.609 bits per heavy atom. The molecule has 0 bridgehead atoms. The Hall–Kier alpha value is -1.79. The van der Waals surface area contributed by atoms with Crippen molar-refractivity contribution in [1.29, 1.82) is 0 Å². The summed E-state index contributed by atoms with van der Waals surface area (Å²) in [5.41, 5.74) is 0. The Bertz CT molecular complexity index is 733. The van der Waals surface area contributed by atoms with Gasteiger partial charge in [0.05, 0.1) is 37.7 Å². The van der Waals surface area contributed by atoms with Crippen LogP contribution in [0.5, 0.6) is 0 Å². The van der Waals surface area contributed by atoms with Gasteiger partial charge in [0.1, 0.15) is 91.6 Å². The fourth-order valence-electron chi connectivity index (χ4n) is 2.59. The van der Waals surface area contributed by atoms with E-state index in [1.54, 1.807) is 0 Å². The smallest absolute Gasteiger partial charge is 0.547 e. The van der Waals surface area contributed by atoms with Crippen LogP contribution in [0.3, 0.4) is 0 Å². The molecule has 1 radical (unpaired) electrons. The first-order chi connectivity index (χ1) is 20.5. The topological polar surface area (TPSA) is 485 Å². The molecule has 0 aromatic heterocycles. The number of aliphatic hydroxyl groups excluding tert-OH is 18. The normalized spacial score (nSPS) is 21.0. The second kappa shape index (κ2) is 25.3. The van der Waals surface area contributed by atoms with Crippen molar-refractivity contribution >= 4 is 17.9 Å². The number of rotatable bonds is 18. The van der Waals surface area contributed by atoms with E-state index in [0.29, 0.717) is 0 Å². The van der Waals surface area contributed by atoms with Crippen LogP contribution in [0.2, 0.25) is 0 Å². The molecule has 15 atom stereocenters. The third-order valence-corrected chi connectivity index (χ3v) is 5.54. The molecule has 0 unspecified atom stereocenters. The maximum absolute atomic E-state index is 10.1. The minimum atomic E-state index is -2.40. The van der Waals surface area contributed by atoms with Gasteiger partial charge >= 0.3 is 17.1 Å². The zero-order valence-electron chi connectivity index (χ0n) is 23.1. The molecular weight excluding hydrogens is 692 g/mol. The van der Waals surface area contributed by atoms with E-state index in [9.17, 15) is 29.7 Å². The van der Waals surface area contributed by atoms with Gasteiger partial charge in [-0.1, -0.05) is 0 Å². The summed E-state index contributed by atoms with van der Waals surface area (Å²) in [5, 5.41) is 190. The molecular formula is C21H39FeO24. The molecule has 275 valence electrons. The predicted octanol–water partition coefficient (Wildman–Crippen LogP) is -16.4. The SMILES string of the molecule is O=C([O-])[C@H](O)[C@H](O)[C@@H](O)[C@H](O)[C@@H](O)CO.O=C([O-])[C@H](O)[C@H](O)[C@@H](O)[C@H](O)[C@@H](O)CO.O=C([O-])[C@H](O)[C@H](O)[C@@H](O)[C@H](O)[C@@H](O)CO.[Fe+3]. The molecule has 0 spiro atoms. The number of carboxylic acid groups (broad SMARTS) is 3. The first-order valence-corrected chi connectivity index (χ1v) is 12.1. The standard InChI is InChI=1S/3C7H14O8.Fe/c3*8-1-2(9)3(10)4(11)5(12)6(13)7(14)15;/h3*2-6,8-13H,1H2,(H,14,15);/q;;;+3/p-3/t3*2-,3+,4-,5+,6+;/m000./s1. The summed E-state index contributed by atoms with van der Waals surface area (Å²) < 4.78 is 0. The van der Waals surface area contributed by atoms with Gasteiger partial charge in [-0.05, 0) is 0 Å². The van der Waals surface area contributed by atoms with Gasteiger partial charge in [0.2, 0.25) is 0 Å². The van der Waals surface area contributed by atoms with Crippen molar-refractivity contribution in [3.8, 4) is 0 Å². The van der Waals surface area contributed by atoms with Gasteiger partial charge in [0.15, 0.2) is 0 Å². The molecule has 0 heterocycles. The zero-order chi connectivity index (χ0) is 36.5. The number of aliphatic hydroxyl groups is 18. The van der Waals surface area contributed by atoms with Gasteiger partial charge in [0, 0.05) is 0 Å². The summed E-state index contributed by atoms with van der Waals surface area (Å²) in [5.74, 6) is -6.10. The molecule has 0 aromatic rings. The Labute approximate surface area is 268 Å². The Morgan fingerprint density at radius 2 is 0.500 bits per heavy atom. The largest absolute Gasteiger partial charge is 3.00 e. The van der Waals surface area contributed by atoms with Crippen molar-refractivity contribution in [1.82, 2.24) is 0 Å². The molecule has 0 aromatic carbocycles. The van der Waals surface area contributed by atoms with Crippen LogP contribution >= 0.6 is 0 Å². The van der Waals surface area contributed by atoms with Crippen LogP contribution in [-0.2, 0) is 31.5 Å². The maximum atomic E-state index is 10.1. The summed E-state index contributed by atoms with van der Waals surface area (Å²) in [6.07, 6.45) is -31.5. The van der Waals surface area contributed by atoms with E-state index < -0.39 is 129 Å². The molecule has 0 saturated heterocycles. The van der Waals surface area contributed by atoms with E-state index in [2.05, 4.69) is 0 Å². The molecule has 0 rings (SSSR count). The molecule has 0 amide bonds. The van der Waals surface area contributed by atoms with Crippen molar-refractivity contribution < 1.29 is 139 Å². The average molecular weight is 731 g/mol. The van der Waals surface area contributed by atoms with Gasteiger partial charge in [-0.2, -0.15) is 0 Å². The van der Waals surface area contributed by atoms with E-state index in [1.807, 2.05) is 0 Å². The fraction of sp³-hybridized carbons (Fsp3) is 0.857. The minimum Gasteiger partial charge on any atom is -0.547 e. The van der Waals surface area contributed by atoms with E-state index in [4.69, 9.17) is 91.9 Å². The van der Waals surface area contributed by atoms with Crippen molar-refractivity contribution in [2.45, 2.75) is 91.6 Å². The van der Waals surface area contributed by atoms with Crippen LogP contribution < -0.4 is 15.3 Å². The van der Waals surface area contributed by atoms with E-state index >= 15 is 0 Å². The molecule has 46 heavy (non-hydrogen) atoms. The van der Waals surface area contributed by atoms with Gasteiger partial charge in [-0.25, -0.2) is 0 Å². The van der Waals surface area contributed by atoms with E-state index in [1.165, 1.54) is 0 Å². The van der Waals surface area contributed by atoms with Crippen LogP contribution in [0.1, 0.15) is 0 Å². The third kappa shape index (κ3) is 17.4. The maximum Gasteiger partial charge on any atom is 3.00 e. The van der Waals surface area contributed by atoms with Crippen molar-refractivity contribution in [3.63, 3.8) is 0 Å². The van der Waals surface area contributed by atoms with Gasteiger partial charge in [0.25, 0.3) is 0 Å². The van der Waals surface area contributed by atoms with Crippen molar-refractivity contribution in [2.24, 2.45) is 0 Å². The minimum absolute atomic E-state index is 0. The number of carboxylic acids is 3. The zero-order valence-corrected chi connectivity index (χ0v) is 24.2. The average Bonchev–Trinajstić information content (AvgIpc) is 3.02. The number of aliphatic carboxylic acids is 3. The molecule has 25 heteroatoms. The summed E-state index contributed by atoms with van der Waals surface area (Å²) in [6, 6.07) is 0. The van der Waals surface area contributed by atoms with Crippen LogP contribution in [0, 0.1) is 0 Å². The van der Waals surface area contributed by atoms with Crippen molar-refractivity contribution in [3.05, 3.63) is 0 Å². The van der Waals surface area contributed by atoms with Crippen LogP contribution in [0.15, 0.2) is 0 Å². The molecule has 0 fully saturated rings. The van der Waals surface area contributed by atoms with Crippen molar-refractivity contribution in [2.75, 3.05) is 19.8 Å². The van der Waals surface area contributed by atoms with Gasteiger partial charge < -0.3 is 122 Å². The first-order valence-electron chi connectivity index (χ1n) is 12.1. The molecule has 0 aliphatic carbocycles. The molecule has 18 N–H and O–H groups in total. The summed E-state index contributed by atoms with van der Waals surface area (Å²) in [7, 11) is 0. The monoisotopic (exact) mass is 731 g/mol. The van der Waals surface area contributed by atoms with Crippen LogP contribution in [0.25, 0.3) is 0 Å². The fourth-order valence-corrected chi connectivity index (χ4v) is 2.59. The first kappa shape index (κ1) is 51.1. The number of hydrogen-bond acceptors (Lipinski definition) is 24. The predicted molar refractivity (Wildman–Crippen MR) is 126 cm³/mol. The van der Waals surface area contributed by atoms with E-state index in [-0.39, 0.29) is 17.1 Å². The van der Waals surface area contributed by atoms with Crippen LogP contribution in [0.4, 0.5) is 0 Å². The number of carbonyl (C=O) groups is 3. The summed E-state index contributed by atoms with van der Waals surface area (Å²) in [6.45, 7) is -2.69. The van der Waals surface area contributed by atoms with Gasteiger partial charge in [-0.15, -0.1) is 0 Å². The van der Waals surface area contributed by atoms with Crippen LogP contribution in [-0.4, -0.2) is 221 Å².